The van der Waals surface area contributed by atoms with Gasteiger partial charge in [-0.3, -0.25) is 9.59 Å². The van der Waals surface area contributed by atoms with Crippen LogP contribution in [-0.2, 0) is 0 Å². The molecule has 1 amide bonds. The van der Waals surface area contributed by atoms with Gasteiger partial charge in [0.25, 0.3) is 5.91 Å². The maximum absolute atomic E-state index is 12.3. The number of Topliss-reactive ketones (excluding diaryl/α,β-unsaturated/α-hetero) is 1. The van der Waals surface area contributed by atoms with Crippen molar-refractivity contribution in [1.82, 2.24) is 0 Å². The first kappa shape index (κ1) is 12.0. The van der Waals surface area contributed by atoms with Crippen LogP contribution in [0.1, 0.15) is 27.3 Å². The standard InChI is InChI=1S/C14H10ClNO3/c15-9-3-4-11-10(8-9)12(17)5-6-16(11)14(18)13-2-1-7-19-13/h1-4,7-8H,5-6H2. The summed E-state index contributed by atoms with van der Waals surface area (Å²) >= 11 is 5.89. The Bertz CT molecular complexity index is 649. The molecule has 0 aliphatic carbocycles. The van der Waals surface area contributed by atoms with Crippen LogP contribution in [0.25, 0.3) is 0 Å². The summed E-state index contributed by atoms with van der Waals surface area (Å²) < 4.78 is 5.11. The Kier molecular flexibility index (Phi) is 2.87. The van der Waals surface area contributed by atoms with Gasteiger partial charge in [-0.05, 0) is 30.3 Å². The van der Waals surface area contributed by atoms with E-state index in [2.05, 4.69) is 0 Å². The van der Waals surface area contributed by atoms with E-state index in [1.54, 1.807) is 35.2 Å². The molecule has 0 N–H and O–H groups in total. The highest BCUT2D eigenvalue weighted by atomic mass is 35.5. The maximum Gasteiger partial charge on any atom is 0.293 e. The second-order valence-corrected chi connectivity index (χ2v) is 4.71. The van der Waals surface area contributed by atoms with Crippen molar-refractivity contribution in [2.45, 2.75) is 6.42 Å². The van der Waals surface area contributed by atoms with Crippen LogP contribution >= 0.6 is 11.6 Å². The van der Waals surface area contributed by atoms with Gasteiger partial charge in [0.15, 0.2) is 11.5 Å². The largest absolute Gasteiger partial charge is 0.459 e. The number of ketones is 1. The number of benzene rings is 1. The Labute approximate surface area is 114 Å². The summed E-state index contributed by atoms with van der Waals surface area (Å²) in [5.41, 5.74) is 1.07. The van der Waals surface area contributed by atoms with E-state index in [1.807, 2.05) is 0 Å². The van der Waals surface area contributed by atoms with Crippen LogP contribution in [-0.4, -0.2) is 18.2 Å². The third kappa shape index (κ3) is 2.04. The minimum absolute atomic E-state index is 0.000921. The normalized spacial score (nSPS) is 14.4. The lowest BCUT2D eigenvalue weighted by Crippen LogP contribution is -2.37. The number of hydrogen-bond acceptors (Lipinski definition) is 3. The number of amides is 1. The molecule has 1 aliphatic heterocycles. The van der Waals surface area contributed by atoms with Gasteiger partial charge in [-0.15, -0.1) is 0 Å². The summed E-state index contributed by atoms with van der Waals surface area (Å²) in [5, 5.41) is 0.486. The quantitative estimate of drug-likeness (QED) is 0.803. The fourth-order valence-electron chi connectivity index (χ4n) is 2.18. The predicted molar refractivity (Wildman–Crippen MR) is 70.8 cm³/mol. The van der Waals surface area contributed by atoms with E-state index in [4.69, 9.17) is 16.0 Å². The van der Waals surface area contributed by atoms with Gasteiger partial charge in [-0.1, -0.05) is 11.6 Å². The van der Waals surface area contributed by atoms with Crippen molar-refractivity contribution in [1.29, 1.82) is 0 Å². The summed E-state index contributed by atoms with van der Waals surface area (Å²) in [6.07, 6.45) is 1.74. The molecule has 3 rings (SSSR count). The van der Waals surface area contributed by atoms with Crippen molar-refractivity contribution in [2.75, 3.05) is 11.4 Å². The van der Waals surface area contributed by atoms with E-state index in [9.17, 15) is 9.59 Å². The summed E-state index contributed by atoms with van der Waals surface area (Å²) in [4.78, 5) is 25.7. The Morgan fingerprint density at radius 2 is 2.16 bits per heavy atom. The number of rotatable bonds is 1. The maximum atomic E-state index is 12.3. The molecule has 1 aromatic heterocycles. The van der Waals surface area contributed by atoms with Gasteiger partial charge < -0.3 is 9.32 Å². The summed E-state index contributed by atoms with van der Waals surface area (Å²) in [7, 11) is 0. The van der Waals surface area contributed by atoms with Crippen molar-refractivity contribution < 1.29 is 14.0 Å². The zero-order valence-corrected chi connectivity index (χ0v) is 10.7. The van der Waals surface area contributed by atoms with E-state index < -0.39 is 0 Å². The molecule has 0 saturated carbocycles. The van der Waals surface area contributed by atoms with Gasteiger partial charge in [-0.25, -0.2) is 0 Å². The molecular formula is C14H10ClNO3. The van der Waals surface area contributed by atoms with Crippen LogP contribution in [0.4, 0.5) is 5.69 Å². The fraction of sp³-hybridized carbons (Fsp3) is 0.143. The molecule has 1 aliphatic rings. The molecule has 2 heterocycles. The first-order valence-corrected chi connectivity index (χ1v) is 6.23. The lowest BCUT2D eigenvalue weighted by atomic mass is 10.00. The van der Waals surface area contributed by atoms with Crippen LogP contribution in [0.15, 0.2) is 41.0 Å². The average Bonchev–Trinajstić information content (AvgIpc) is 2.93. The average molecular weight is 276 g/mol. The molecule has 0 radical (unpaired) electrons. The van der Waals surface area contributed by atoms with Gasteiger partial charge in [0.2, 0.25) is 0 Å². The number of carbonyl (C=O) groups excluding carboxylic acids is 2. The first-order valence-electron chi connectivity index (χ1n) is 5.85. The number of fused-ring (bicyclic) bond motifs is 1. The number of anilines is 1. The second kappa shape index (κ2) is 4.55. The number of carbonyl (C=O) groups is 2. The number of nitrogens with zero attached hydrogens (tertiary/aromatic N) is 1. The smallest absolute Gasteiger partial charge is 0.293 e. The third-order valence-electron chi connectivity index (χ3n) is 3.09. The Hall–Kier alpha value is -2.07. The van der Waals surface area contributed by atoms with Crippen molar-refractivity contribution in [3.8, 4) is 0 Å². The van der Waals surface area contributed by atoms with Gasteiger partial charge in [-0.2, -0.15) is 0 Å². The summed E-state index contributed by atoms with van der Waals surface area (Å²) in [6, 6.07) is 8.22. The van der Waals surface area contributed by atoms with Gasteiger partial charge >= 0.3 is 0 Å². The SMILES string of the molecule is O=C1CCN(C(=O)c2ccco2)c2ccc(Cl)cc21. The van der Waals surface area contributed by atoms with Crippen LogP contribution in [0.5, 0.6) is 0 Å². The topological polar surface area (TPSA) is 50.5 Å². The van der Waals surface area contributed by atoms with E-state index in [1.165, 1.54) is 6.26 Å². The monoisotopic (exact) mass is 275 g/mol. The Morgan fingerprint density at radius 3 is 2.89 bits per heavy atom. The Balaban J connectivity index is 2.04. The predicted octanol–water partition coefficient (Wildman–Crippen LogP) is 3.17. The molecule has 0 bridgehead atoms. The highest BCUT2D eigenvalue weighted by molar-refractivity contribution is 6.31. The zero-order valence-electron chi connectivity index (χ0n) is 9.93. The summed E-state index contributed by atoms with van der Waals surface area (Å²) in [6.45, 7) is 0.354. The molecule has 0 spiro atoms. The van der Waals surface area contributed by atoms with Crippen molar-refractivity contribution in [3.05, 3.63) is 52.9 Å². The number of hydrogen-bond donors (Lipinski definition) is 0. The zero-order chi connectivity index (χ0) is 13.4. The molecule has 5 heteroatoms. The molecule has 0 atom stereocenters. The minimum atomic E-state index is -0.249. The van der Waals surface area contributed by atoms with Crippen LogP contribution in [0, 0.1) is 0 Å². The van der Waals surface area contributed by atoms with Crippen molar-refractivity contribution >= 4 is 29.0 Å². The molecule has 0 unspecified atom stereocenters. The molecular weight excluding hydrogens is 266 g/mol. The van der Waals surface area contributed by atoms with Crippen molar-refractivity contribution in [2.24, 2.45) is 0 Å². The molecule has 4 nitrogen and oxygen atoms in total. The Morgan fingerprint density at radius 1 is 1.32 bits per heavy atom. The first-order chi connectivity index (χ1) is 9.16. The minimum Gasteiger partial charge on any atom is -0.459 e. The molecule has 2 aromatic rings. The third-order valence-corrected chi connectivity index (χ3v) is 3.32. The fourth-order valence-corrected chi connectivity index (χ4v) is 2.35. The second-order valence-electron chi connectivity index (χ2n) is 4.27. The van der Waals surface area contributed by atoms with Crippen LogP contribution in [0.2, 0.25) is 5.02 Å². The highest BCUT2D eigenvalue weighted by Gasteiger charge is 2.29. The lowest BCUT2D eigenvalue weighted by Gasteiger charge is -2.28. The van der Waals surface area contributed by atoms with E-state index in [0.29, 0.717) is 29.2 Å². The van der Waals surface area contributed by atoms with Gasteiger partial charge in [0.05, 0.1) is 12.0 Å². The van der Waals surface area contributed by atoms with E-state index in [0.717, 1.165) is 0 Å². The van der Waals surface area contributed by atoms with Crippen molar-refractivity contribution in [3.63, 3.8) is 0 Å². The van der Waals surface area contributed by atoms with Crippen LogP contribution in [0.3, 0.4) is 0 Å². The number of halogens is 1. The van der Waals surface area contributed by atoms with Gasteiger partial charge in [0.1, 0.15) is 0 Å². The molecule has 19 heavy (non-hydrogen) atoms. The highest BCUT2D eigenvalue weighted by Crippen LogP contribution is 2.30. The lowest BCUT2D eigenvalue weighted by molar-refractivity contribution is 0.0939. The summed E-state index contributed by atoms with van der Waals surface area (Å²) in [5.74, 6) is 0.0114. The molecule has 0 fully saturated rings. The van der Waals surface area contributed by atoms with E-state index in [-0.39, 0.29) is 17.5 Å². The van der Waals surface area contributed by atoms with Gasteiger partial charge in [0, 0.05) is 23.6 Å². The van der Waals surface area contributed by atoms with Crippen LogP contribution < -0.4 is 4.90 Å². The van der Waals surface area contributed by atoms with E-state index >= 15 is 0 Å². The molecule has 96 valence electrons. The number of furan rings is 1. The molecule has 0 saturated heterocycles. The molecule has 1 aromatic carbocycles.